The Labute approximate surface area is 124 Å². The number of H-pyrrole nitrogens is 2. The van der Waals surface area contributed by atoms with E-state index in [2.05, 4.69) is 15.0 Å². The summed E-state index contributed by atoms with van der Waals surface area (Å²) in [7, 11) is 0. The van der Waals surface area contributed by atoms with Gasteiger partial charge in [-0.25, -0.2) is 4.79 Å². The number of fused-ring (bicyclic) bond motifs is 1. The lowest BCUT2D eigenvalue weighted by molar-refractivity contribution is 0.447. The van der Waals surface area contributed by atoms with E-state index in [0.717, 1.165) is 10.8 Å². The third-order valence-corrected chi connectivity index (χ3v) is 3.34. The van der Waals surface area contributed by atoms with Crippen LogP contribution in [0.1, 0.15) is 12.5 Å². The maximum absolute atomic E-state index is 11.8. The van der Waals surface area contributed by atoms with E-state index in [1.54, 1.807) is 6.92 Å². The summed E-state index contributed by atoms with van der Waals surface area (Å²) in [5.41, 5.74) is -0.494. The van der Waals surface area contributed by atoms with Gasteiger partial charge in [-0.2, -0.15) is 0 Å². The molecule has 0 amide bonds. The number of benzene rings is 2. The second-order valence-electron chi connectivity index (χ2n) is 4.83. The molecular formula is C16H13N3O3. The first kappa shape index (κ1) is 13.8. The van der Waals surface area contributed by atoms with Crippen molar-refractivity contribution in [3.05, 3.63) is 68.9 Å². The zero-order valence-corrected chi connectivity index (χ0v) is 11.8. The highest BCUT2D eigenvalue weighted by molar-refractivity contribution is 6.04. The molecule has 0 saturated heterocycles. The molecule has 2 aromatic carbocycles. The third-order valence-electron chi connectivity index (χ3n) is 3.34. The Bertz CT molecular complexity index is 994. The van der Waals surface area contributed by atoms with Crippen LogP contribution in [0.2, 0.25) is 0 Å². The van der Waals surface area contributed by atoms with Crippen LogP contribution >= 0.6 is 0 Å². The summed E-state index contributed by atoms with van der Waals surface area (Å²) in [5, 5.41) is 11.7. The van der Waals surface area contributed by atoms with Gasteiger partial charge in [0, 0.05) is 5.39 Å². The highest BCUT2D eigenvalue weighted by atomic mass is 16.3. The van der Waals surface area contributed by atoms with Gasteiger partial charge in [-0.1, -0.05) is 36.4 Å². The Morgan fingerprint density at radius 3 is 2.55 bits per heavy atom. The summed E-state index contributed by atoms with van der Waals surface area (Å²) in [4.78, 5) is 31.6. The lowest BCUT2D eigenvalue weighted by atomic mass is 10.1. The van der Waals surface area contributed by atoms with Crippen LogP contribution in [0.3, 0.4) is 0 Å². The molecule has 6 nitrogen and oxygen atoms in total. The lowest BCUT2D eigenvalue weighted by Gasteiger charge is -2.05. The Balaban J connectivity index is 2.20. The van der Waals surface area contributed by atoms with E-state index >= 15 is 0 Å². The number of aromatic hydroxyl groups is 1. The Morgan fingerprint density at radius 2 is 1.77 bits per heavy atom. The molecule has 3 N–H and O–H groups in total. The average molecular weight is 295 g/mol. The van der Waals surface area contributed by atoms with Crippen molar-refractivity contribution in [1.29, 1.82) is 0 Å². The first-order chi connectivity index (χ1) is 10.6. The Hall–Kier alpha value is -3.15. The second kappa shape index (κ2) is 5.33. The normalized spacial score (nSPS) is 11.8. The topological polar surface area (TPSA) is 98.3 Å². The number of aromatic amines is 2. The molecule has 0 bridgehead atoms. The smallest absolute Gasteiger partial charge is 0.328 e. The largest absolute Gasteiger partial charge is 0.494 e. The summed E-state index contributed by atoms with van der Waals surface area (Å²) in [6.07, 6.45) is 0. The number of nitrogens with zero attached hydrogens (tertiary/aromatic N) is 1. The summed E-state index contributed by atoms with van der Waals surface area (Å²) in [5.74, 6) is -0.491. The number of hydrogen-bond donors (Lipinski definition) is 3. The van der Waals surface area contributed by atoms with Crippen LogP contribution in [-0.4, -0.2) is 20.8 Å². The molecule has 0 unspecified atom stereocenters. The van der Waals surface area contributed by atoms with Gasteiger partial charge in [0.15, 0.2) is 0 Å². The van der Waals surface area contributed by atoms with Crippen molar-refractivity contribution in [2.24, 2.45) is 4.99 Å². The van der Waals surface area contributed by atoms with Gasteiger partial charge < -0.3 is 5.11 Å². The van der Waals surface area contributed by atoms with Gasteiger partial charge >= 0.3 is 5.69 Å². The van der Waals surface area contributed by atoms with E-state index in [1.807, 2.05) is 42.5 Å². The van der Waals surface area contributed by atoms with E-state index in [0.29, 0.717) is 11.4 Å². The summed E-state index contributed by atoms with van der Waals surface area (Å²) in [6, 6.07) is 13.4. The molecule has 110 valence electrons. The van der Waals surface area contributed by atoms with Gasteiger partial charge in [-0.3, -0.25) is 19.8 Å². The van der Waals surface area contributed by atoms with Crippen molar-refractivity contribution < 1.29 is 5.11 Å². The SMILES string of the molecule is CC(=Nc1cccc2ccccc12)c1c(O)[nH]c(=O)[nH]c1=O. The van der Waals surface area contributed by atoms with Gasteiger partial charge in [-0.05, 0) is 18.4 Å². The molecule has 22 heavy (non-hydrogen) atoms. The molecular weight excluding hydrogens is 282 g/mol. The van der Waals surface area contributed by atoms with Crippen LogP contribution in [0.5, 0.6) is 5.88 Å². The molecule has 0 aliphatic rings. The molecule has 1 heterocycles. The van der Waals surface area contributed by atoms with Gasteiger partial charge in [-0.15, -0.1) is 0 Å². The number of rotatable bonds is 2. The van der Waals surface area contributed by atoms with Crippen molar-refractivity contribution in [2.45, 2.75) is 6.92 Å². The van der Waals surface area contributed by atoms with Crippen LogP contribution in [0.15, 0.2) is 57.0 Å². The second-order valence-corrected chi connectivity index (χ2v) is 4.83. The maximum atomic E-state index is 11.8. The van der Waals surface area contributed by atoms with Gasteiger partial charge in [0.2, 0.25) is 5.88 Å². The zero-order valence-electron chi connectivity index (χ0n) is 11.8. The molecule has 0 saturated carbocycles. The molecule has 3 rings (SSSR count). The van der Waals surface area contributed by atoms with Crippen LogP contribution in [-0.2, 0) is 0 Å². The van der Waals surface area contributed by atoms with Crippen LogP contribution in [0.25, 0.3) is 10.8 Å². The van der Waals surface area contributed by atoms with Crippen LogP contribution in [0, 0.1) is 0 Å². The minimum Gasteiger partial charge on any atom is -0.494 e. The molecule has 6 heteroatoms. The quantitative estimate of drug-likeness (QED) is 0.631. The Morgan fingerprint density at radius 1 is 1.05 bits per heavy atom. The van der Waals surface area contributed by atoms with Crippen molar-refractivity contribution in [1.82, 2.24) is 9.97 Å². The van der Waals surface area contributed by atoms with Gasteiger partial charge in [0.05, 0.1) is 11.4 Å². The van der Waals surface area contributed by atoms with Crippen molar-refractivity contribution >= 4 is 22.2 Å². The maximum Gasteiger partial charge on any atom is 0.328 e. The fourth-order valence-corrected chi connectivity index (χ4v) is 2.35. The van der Waals surface area contributed by atoms with E-state index in [9.17, 15) is 14.7 Å². The van der Waals surface area contributed by atoms with Gasteiger partial charge in [0.25, 0.3) is 5.56 Å². The zero-order chi connectivity index (χ0) is 15.7. The molecule has 1 aromatic heterocycles. The third kappa shape index (κ3) is 2.42. The molecule has 3 aromatic rings. The fraction of sp³-hybridized carbons (Fsp3) is 0.0625. The van der Waals surface area contributed by atoms with E-state index in [4.69, 9.17) is 0 Å². The van der Waals surface area contributed by atoms with Crippen molar-refractivity contribution in [3.63, 3.8) is 0 Å². The first-order valence-electron chi connectivity index (χ1n) is 6.65. The highest BCUT2D eigenvalue weighted by Gasteiger charge is 2.12. The van der Waals surface area contributed by atoms with E-state index in [-0.39, 0.29) is 5.56 Å². The number of nitrogens with one attached hydrogen (secondary N) is 2. The standard InChI is InChI=1S/C16H13N3O3/c1-9(13-14(20)18-16(22)19-15(13)21)17-12-8-4-6-10-5-2-3-7-11(10)12/h2-8H,1H3,(H3,18,19,20,21,22). The molecule has 0 fully saturated rings. The Kier molecular flexibility index (Phi) is 3.34. The summed E-state index contributed by atoms with van der Waals surface area (Å²) >= 11 is 0. The van der Waals surface area contributed by atoms with Crippen LogP contribution in [0.4, 0.5) is 5.69 Å². The van der Waals surface area contributed by atoms with Gasteiger partial charge in [0.1, 0.15) is 5.56 Å². The average Bonchev–Trinajstić information content (AvgIpc) is 2.46. The number of aromatic nitrogens is 2. The van der Waals surface area contributed by atoms with Crippen molar-refractivity contribution in [2.75, 3.05) is 0 Å². The predicted octanol–water partition coefficient (Wildman–Crippen LogP) is 2.06. The minimum absolute atomic E-state index is 0.0486. The predicted molar refractivity (Wildman–Crippen MR) is 85.2 cm³/mol. The first-order valence-corrected chi connectivity index (χ1v) is 6.65. The molecule has 0 aliphatic carbocycles. The highest BCUT2D eigenvalue weighted by Crippen LogP contribution is 2.26. The van der Waals surface area contributed by atoms with E-state index in [1.165, 1.54) is 0 Å². The molecule has 0 spiro atoms. The summed E-state index contributed by atoms with van der Waals surface area (Å²) < 4.78 is 0. The number of aliphatic imine (C=N–C) groups is 1. The van der Waals surface area contributed by atoms with Crippen molar-refractivity contribution in [3.8, 4) is 5.88 Å². The molecule has 0 radical (unpaired) electrons. The van der Waals surface area contributed by atoms with Crippen LogP contribution < -0.4 is 11.2 Å². The summed E-state index contributed by atoms with van der Waals surface area (Å²) in [6.45, 7) is 1.60. The fourth-order valence-electron chi connectivity index (χ4n) is 2.35. The minimum atomic E-state index is -0.760. The lowest BCUT2D eigenvalue weighted by Crippen LogP contribution is -2.27. The monoisotopic (exact) mass is 295 g/mol. The number of hydrogen-bond acceptors (Lipinski definition) is 4. The van der Waals surface area contributed by atoms with E-state index < -0.39 is 17.1 Å². The molecule has 0 aliphatic heterocycles. The molecule has 0 atom stereocenters.